The van der Waals surface area contributed by atoms with E-state index in [9.17, 15) is 9.59 Å². The Hall–Kier alpha value is -1.50. The van der Waals surface area contributed by atoms with E-state index in [1.54, 1.807) is 11.8 Å². The van der Waals surface area contributed by atoms with E-state index >= 15 is 0 Å². The SMILES string of the molecule is CSCC[C@H](NC(C)=O)C(=O)N1CCC(Cn2cc(C)cn2)CC1. The molecule has 0 spiro atoms. The minimum Gasteiger partial charge on any atom is -0.345 e. The van der Waals surface area contributed by atoms with Gasteiger partial charge in [-0.3, -0.25) is 14.3 Å². The molecule has 2 amide bonds. The third kappa shape index (κ3) is 5.54. The molecule has 0 saturated carbocycles. The number of aryl methyl sites for hydroxylation is 1. The number of amides is 2. The zero-order valence-electron chi connectivity index (χ0n) is 14.8. The quantitative estimate of drug-likeness (QED) is 0.811. The molecule has 1 atom stereocenters. The van der Waals surface area contributed by atoms with Gasteiger partial charge in [0.1, 0.15) is 6.04 Å². The van der Waals surface area contributed by atoms with E-state index in [2.05, 4.69) is 16.6 Å². The molecule has 0 aliphatic carbocycles. The molecule has 134 valence electrons. The molecule has 1 aliphatic rings. The van der Waals surface area contributed by atoms with Crippen LogP contribution in [0.2, 0.25) is 0 Å². The zero-order valence-corrected chi connectivity index (χ0v) is 15.6. The first-order valence-electron chi connectivity index (χ1n) is 8.53. The summed E-state index contributed by atoms with van der Waals surface area (Å²) in [5.41, 5.74) is 1.18. The minimum atomic E-state index is -0.389. The number of piperidine rings is 1. The Morgan fingerprint density at radius 3 is 2.67 bits per heavy atom. The van der Waals surface area contributed by atoms with Gasteiger partial charge in [-0.2, -0.15) is 16.9 Å². The van der Waals surface area contributed by atoms with E-state index in [0.717, 1.165) is 38.2 Å². The van der Waals surface area contributed by atoms with Gasteiger partial charge in [0.2, 0.25) is 11.8 Å². The molecule has 0 unspecified atom stereocenters. The van der Waals surface area contributed by atoms with E-state index in [1.807, 2.05) is 29.0 Å². The van der Waals surface area contributed by atoms with Crippen molar-refractivity contribution in [1.82, 2.24) is 20.0 Å². The molecular formula is C17H28N4O2S. The fourth-order valence-electron chi connectivity index (χ4n) is 3.13. The summed E-state index contributed by atoms with van der Waals surface area (Å²) in [6.45, 7) is 5.95. The molecule has 1 aromatic rings. The summed E-state index contributed by atoms with van der Waals surface area (Å²) in [6.07, 6.45) is 8.61. The molecule has 1 fully saturated rings. The second-order valence-corrected chi connectivity index (χ2v) is 7.53. The topological polar surface area (TPSA) is 67.2 Å². The second kappa shape index (κ2) is 9.11. The summed E-state index contributed by atoms with van der Waals surface area (Å²) in [5.74, 6) is 1.34. The Morgan fingerprint density at radius 2 is 2.12 bits per heavy atom. The van der Waals surface area contributed by atoms with Gasteiger partial charge in [0.05, 0.1) is 6.20 Å². The molecule has 1 saturated heterocycles. The van der Waals surface area contributed by atoms with Gasteiger partial charge < -0.3 is 10.2 Å². The van der Waals surface area contributed by atoms with Crippen molar-refractivity contribution in [3.8, 4) is 0 Å². The van der Waals surface area contributed by atoms with Crippen LogP contribution in [0.15, 0.2) is 12.4 Å². The third-order valence-electron chi connectivity index (χ3n) is 4.42. The minimum absolute atomic E-state index is 0.0626. The molecule has 2 rings (SSSR count). The van der Waals surface area contributed by atoms with Crippen LogP contribution in [0.3, 0.4) is 0 Å². The Balaban J connectivity index is 1.84. The highest BCUT2D eigenvalue weighted by molar-refractivity contribution is 7.98. The first-order chi connectivity index (χ1) is 11.5. The van der Waals surface area contributed by atoms with Gasteiger partial charge in [-0.15, -0.1) is 0 Å². The first kappa shape index (κ1) is 18.8. The van der Waals surface area contributed by atoms with E-state index in [-0.39, 0.29) is 17.9 Å². The predicted molar refractivity (Wildman–Crippen MR) is 96.9 cm³/mol. The summed E-state index contributed by atoms with van der Waals surface area (Å²) in [6, 6.07) is -0.389. The molecule has 7 heteroatoms. The van der Waals surface area contributed by atoms with Crippen LogP contribution in [0.5, 0.6) is 0 Å². The average molecular weight is 353 g/mol. The fourth-order valence-corrected chi connectivity index (χ4v) is 3.60. The van der Waals surface area contributed by atoms with Crippen LogP contribution in [0.1, 0.15) is 31.7 Å². The van der Waals surface area contributed by atoms with E-state index in [4.69, 9.17) is 0 Å². The van der Waals surface area contributed by atoms with Crippen molar-refractivity contribution < 1.29 is 9.59 Å². The highest BCUT2D eigenvalue weighted by Gasteiger charge is 2.28. The van der Waals surface area contributed by atoms with Gasteiger partial charge in [0.15, 0.2) is 0 Å². The Kier molecular flexibility index (Phi) is 7.15. The van der Waals surface area contributed by atoms with Crippen LogP contribution in [-0.2, 0) is 16.1 Å². The van der Waals surface area contributed by atoms with Gasteiger partial charge in [-0.1, -0.05) is 0 Å². The van der Waals surface area contributed by atoms with Crippen LogP contribution in [0, 0.1) is 12.8 Å². The maximum Gasteiger partial charge on any atom is 0.245 e. The van der Waals surface area contributed by atoms with Crippen molar-refractivity contribution in [3.05, 3.63) is 18.0 Å². The molecule has 6 nitrogen and oxygen atoms in total. The normalized spacial score (nSPS) is 16.9. The molecule has 2 heterocycles. The molecule has 1 N–H and O–H groups in total. The summed E-state index contributed by atoms with van der Waals surface area (Å²) >= 11 is 1.69. The number of carbonyl (C=O) groups excluding carboxylic acids is 2. The summed E-state index contributed by atoms with van der Waals surface area (Å²) in [4.78, 5) is 26.0. The van der Waals surface area contributed by atoms with Gasteiger partial charge in [0, 0.05) is 32.8 Å². The number of aromatic nitrogens is 2. The third-order valence-corrected chi connectivity index (χ3v) is 5.06. The van der Waals surface area contributed by atoms with Gasteiger partial charge in [0.25, 0.3) is 0 Å². The molecule has 1 aliphatic heterocycles. The lowest BCUT2D eigenvalue weighted by Crippen LogP contribution is -2.50. The summed E-state index contributed by atoms with van der Waals surface area (Å²) < 4.78 is 2.00. The van der Waals surface area contributed by atoms with Crippen molar-refractivity contribution in [3.63, 3.8) is 0 Å². The van der Waals surface area contributed by atoms with Crippen molar-refractivity contribution in [2.24, 2.45) is 5.92 Å². The molecule has 0 radical (unpaired) electrons. The van der Waals surface area contributed by atoms with Crippen molar-refractivity contribution in [2.75, 3.05) is 25.1 Å². The molecule has 0 aromatic carbocycles. The standard InChI is InChI=1S/C17H28N4O2S/c1-13-10-18-21(11-13)12-15-4-7-20(8-5-15)17(23)16(6-9-24-3)19-14(2)22/h10-11,15-16H,4-9,12H2,1-3H3,(H,19,22)/t16-/m0/s1. The van der Waals surface area contributed by atoms with E-state index < -0.39 is 0 Å². The average Bonchev–Trinajstić information content (AvgIpc) is 2.96. The lowest BCUT2D eigenvalue weighted by molar-refractivity contribution is -0.137. The maximum absolute atomic E-state index is 12.7. The molecule has 1 aromatic heterocycles. The lowest BCUT2D eigenvalue weighted by Gasteiger charge is -2.34. The van der Waals surface area contributed by atoms with Gasteiger partial charge in [-0.05, 0) is 49.7 Å². The Bertz CT molecular complexity index is 553. The fraction of sp³-hybridized carbons (Fsp3) is 0.706. The van der Waals surface area contributed by atoms with E-state index in [1.165, 1.54) is 12.5 Å². The molecule has 0 bridgehead atoms. The first-order valence-corrected chi connectivity index (χ1v) is 9.93. The number of nitrogens with one attached hydrogen (secondary N) is 1. The lowest BCUT2D eigenvalue weighted by atomic mass is 9.96. The van der Waals surface area contributed by atoms with Crippen LogP contribution in [-0.4, -0.2) is 57.6 Å². The Morgan fingerprint density at radius 1 is 1.42 bits per heavy atom. The zero-order chi connectivity index (χ0) is 17.5. The number of thioether (sulfide) groups is 1. The van der Waals surface area contributed by atoms with Gasteiger partial charge in [-0.25, -0.2) is 0 Å². The number of hydrogen-bond donors (Lipinski definition) is 1. The highest BCUT2D eigenvalue weighted by atomic mass is 32.2. The molecular weight excluding hydrogens is 324 g/mol. The van der Waals surface area contributed by atoms with Crippen molar-refractivity contribution >= 4 is 23.6 Å². The van der Waals surface area contributed by atoms with Crippen molar-refractivity contribution in [1.29, 1.82) is 0 Å². The summed E-state index contributed by atoms with van der Waals surface area (Å²) in [7, 11) is 0. The number of carbonyl (C=O) groups is 2. The van der Waals surface area contributed by atoms with Crippen LogP contribution in [0.4, 0.5) is 0 Å². The number of rotatable bonds is 7. The predicted octanol–water partition coefficient (Wildman–Crippen LogP) is 1.69. The van der Waals surface area contributed by atoms with Crippen molar-refractivity contribution in [2.45, 2.75) is 45.7 Å². The molecule has 24 heavy (non-hydrogen) atoms. The monoisotopic (exact) mass is 352 g/mol. The van der Waals surface area contributed by atoms with Crippen LogP contribution >= 0.6 is 11.8 Å². The van der Waals surface area contributed by atoms with Crippen LogP contribution < -0.4 is 5.32 Å². The maximum atomic E-state index is 12.7. The number of nitrogens with zero attached hydrogens (tertiary/aromatic N) is 3. The second-order valence-electron chi connectivity index (χ2n) is 6.54. The smallest absolute Gasteiger partial charge is 0.245 e. The number of likely N-dealkylation sites (tertiary alicyclic amines) is 1. The number of hydrogen-bond acceptors (Lipinski definition) is 4. The highest BCUT2D eigenvalue weighted by Crippen LogP contribution is 2.20. The van der Waals surface area contributed by atoms with E-state index in [0.29, 0.717) is 12.3 Å². The van der Waals surface area contributed by atoms with Gasteiger partial charge >= 0.3 is 0 Å². The largest absolute Gasteiger partial charge is 0.345 e. The van der Waals surface area contributed by atoms with Crippen LogP contribution in [0.25, 0.3) is 0 Å². The summed E-state index contributed by atoms with van der Waals surface area (Å²) in [5, 5.41) is 7.15. The Labute approximate surface area is 148 Å².